The zero-order valence-electron chi connectivity index (χ0n) is 10.1. The number of rotatable bonds is 5. The molecular weight excluding hydrogens is 210 g/mol. The van der Waals surface area contributed by atoms with Crippen LogP contribution in [0.4, 0.5) is 4.79 Å². The molecule has 0 heterocycles. The normalized spacial score (nSPS) is 14.8. The van der Waals surface area contributed by atoms with Crippen LogP contribution in [0.2, 0.25) is 0 Å². The summed E-state index contributed by atoms with van der Waals surface area (Å²) in [7, 11) is 0. The molecule has 0 radical (unpaired) electrons. The van der Waals surface area contributed by atoms with E-state index in [2.05, 4.69) is 0 Å². The third-order valence-corrected chi connectivity index (χ3v) is 2.16. The third kappa shape index (κ3) is 4.08. The lowest BCUT2D eigenvalue weighted by Crippen LogP contribution is -2.39. The van der Waals surface area contributed by atoms with Gasteiger partial charge in [-0.15, -0.1) is 0 Å². The number of amides is 1. The highest BCUT2D eigenvalue weighted by Crippen LogP contribution is 2.27. The minimum absolute atomic E-state index is 0.00986. The van der Waals surface area contributed by atoms with Gasteiger partial charge in [-0.1, -0.05) is 0 Å². The van der Waals surface area contributed by atoms with Gasteiger partial charge in [-0.05, 0) is 33.6 Å². The molecule has 5 nitrogen and oxygen atoms in total. The van der Waals surface area contributed by atoms with Crippen molar-refractivity contribution < 1.29 is 19.1 Å². The van der Waals surface area contributed by atoms with E-state index in [1.807, 2.05) is 0 Å². The zero-order valence-corrected chi connectivity index (χ0v) is 10.1. The summed E-state index contributed by atoms with van der Waals surface area (Å²) in [4.78, 5) is 24.4. The van der Waals surface area contributed by atoms with Gasteiger partial charge in [0.25, 0.3) is 0 Å². The Balaban J connectivity index is 2.47. The molecule has 0 atom stereocenters. The first-order chi connectivity index (χ1) is 7.54. The van der Waals surface area contributed by atoms with E-state index >= 15 is 0 Å². The van der Waals surface area contributed by atoms with Crippen LogP contribution in [-0.4, -0.2) is 42.3 Å². The standard InChI is InChI=1S/C11H19NO4/c1-4-15-10(13)7-12(9-5-6-9)11(14)16-8(2)3/h8-9H,4-7H2,1-3H3. The fraction of sp³-hybridized carbons (Fsp3) is 0.818. The maximum Gasteiger partial charge on any atom is 0.410 e. The largest absolute Gasteiger partial charge is 0.465 e. The van der Waals surface area contributed by atoms with Crippen molar-refractivity contribution in [2.45, 2.75) is 45.8 Å². The Labute approximate surface area is 95.7 Å². The van der Waals surface area contributed by atoms with E-state index in [1.54, 1.807) is 20.8 Å². The van der Waals surface area contributed by atoms with Gasteiger partial charge in [0, 0.05) is 6.04 Å². The molecule has 0 aromatic rings. The van der Waals surface area contributed by atoms with Gasteiger partial charge in [0.2, 0.25) is 0 Å². The highest BCUT2D eigenvalue weighted by molar-refractivity contribution is 5.78. The highest BCUT2D eigenvalue weighted by Gasteiger charge is 2.35. The number of hydrogen-bond acceptors (Lipinski definition) is 4. The van der Waals surface area contributed by atoms with Gasteiger partial charge < -0.3 is 9.47 Å². The Kier molecular flexibility index (Phi) is 4.58. The van der Waals surface area contributed by atoms with Gasteiger partial charge in [0.05, 0.1) is 12.7 Å². The minimum Gasteiger partial charge on any atom is -0.465 e. The molecular formula is C11H19NO4. The minimum atomic E-state index is -0.425. The number of carbonyl (C=O) groups is 2. The molecule has 0 unspecified atom stereocenters. The lowest BCUT2D eigenvalue weighted by Gasteiger charge is -2.21. The van der Waals surface area contributed by atoms with Gasteiger partial charge in [-0.25, -0.2) is 4.79 Å². The van der Waals surface area contributed by atoms with Crippen molar-refractivity contribution in [2.24, 2.45) is 0 Å². The second kappa shape index (κ2) is 5.72. The second-order valence-corrected chi connectivity index (χ2v) is 4.10. The van der Waals surface area contributed by atoms with Gasteiger partial charge >= 0.3 is 12.1 Å². The molecule has 1 amide bonds. The Bertz CT molecular complexity index is 261. The Morgan fingerprint density at radius 3 is 2.44 bits per heavy atom. The molecule has 0 aliphatic heterocycles. The molecule has 0 saturated heterocycles. The van der Waals surface area contributed by atoms with Crippen LogP contribution in [0.1, 0.15) is 33.6 Å². The summed E-state index contributed by atoms with van der Waals surface area (Å²) in [6.07, 6.45) is 1.28. The lowest BCUT2D eigenvalue weighted by molar-refractivity contribution is -0.144. The molecule has 0 spiro atoms. The van der Waals surface area contributed by atoms with E-state index in [1.165, 1.54) is 4.90 Å². The quantitative estimate of drug-likeness (QED) is 0.671. The monoisotopic (exact) mass is 229 g/mol. The summed E-state index contributed by atoms with van der Waals surface area (Å²) in [5, 5.41) is 0. The van der Waals surface area contributed by atoms with Crippen LogP contribution in [-0.2, 0) is 14.3 Å². The van der Waals surface area contributed by atoms with E-state index in [0.717, 1.165) is 12.8 Å². The lowest BCUT2D eigenvalue weighted by atomic mass is 10.4. The summed E-state index contributed by atoms with van der Waals surface area (Å²) in [5.74, 6) is -0.380. The maximum atomic E-state index is 11.7. The molecule has 0 aromatic heterocycles. The number of hydrogen-bond donors (Lipinski definition) is 0. The average molecular weight is 229 g/mol. The number of esters is 1. The summed E-state index contributed by atoms with van der Waals surface area (Å²) in [5.41, 5.74) is 0. The Morgan fingerprint density at radius 1 is 1.38 bits per heavy atom. The first kappa shape index (κ1) is 12.8. The van der Waals surface area contributed by atoms with E-state index in [9.17, 15) is 9.59 Å². The topological polar surface area (TPSA) is 55.8 Å². The Morgan fingerprint density at radius 2 is 2.00 bits per heavy atom. The van der Waals surface area contributed by atoms with Crippen molar-refractivity contribution in [2.75, 3.05) is 13.2 Å². The number of carbonyl (C=O) groups excluding carboxylic acids is 2. The number of ether oxygens (including phenoxy) is 2. The molecule has 16 heavy (non-hydrogen) atoms. The molecule has 5 heteroatoms. The van der Waals surface area contributed by atoms with Crippen LogP contribution in [0.15, 0.2) is 0 Å². The van der Waals surface area contributed by atoms with Crippen LogP contribution in [0.5, 0.6) is 0 Å². The highest BCUT2D eigenvalue weighted by atomic mass is 16.6. The van der Waals surface area contributed by atoms with Crippen molar-refractivity contribution in [1.29, 1.82) is 0 Å². The van der Waals surface area contributed by atoms with Crippen LogP contribution < -0.4 is 0 Å². The molecule has 0 aromatic carbocycles. The van der Waals surface area contributed by atoms with Crippen LogP contribution in [0.25, 0.3) is 0 Å². The molecule has 1 rings (SSSR count). The van der Waals surface area contributed by atoms with Crippen LogP contribution in [0, 0.1) is 0 Å². The Hall–Kier alpha value is -1.26. The van der Waals surface area contributed by atoms with Gasteiger partial charge in [-0.3, -0.25) is 9.69 Å². The predicted molar refractivity (Wildman–Crippen MR) is 58.0 cm³/mol. The molecule has 92 valence electrons. The molecule has 0 bridgehead atoms. The molecule has 1 aliphatic rings. The SMILES string of the molecule is CCOC(=O)CN(C(=O)OC(C)C)C1CC1. The second-order valence-electron chi connectivity index (χ2n) is 4.10. The van der Waals surface area contributed by atoms with Crippen molar-refractivity contribution in [3.8, 4) is 0 Å². The summed E-state index contributed by atoms with van der Waals surface area (Å²) in [6, 6.07) is 0.149. The zero-order chi connectivity index (χ0) is 12.1. The molecule has 1 saturated carbocycles. The average Bonchev–Trinajstić information content (AvgIpc) is 2.96. The molecule has 1 fully saturated rings. The van der Waals surface area contributed by atoms with Gasteiger partial charge in [-0.2, -0.15) is 0 Å². The summed E-state index contributed by atoms with van der Waals surface area (Å²) < 4.78 is 9.89. The van der Waals surface area contributed by atoms with Crippen molar-refractivity contribution in [3.63, 3.8) is 0 Å². The number of nitrogens with zero attached hydrogens (tertiary/aromatic N) is 1. The van der Waals surface area contributed by atoms with Crippen molar-refractivity contribution in [3.05, 3.63) is 0 Å². The summed E-state index contributed by atoms with van der Waals surface area (Å²) in [6.45, 7) is 5.63. The predicted octanol–water partition coefficient (Wildman–Crippen LogP) is 1.56. The fourth-order valence-electron chi connectivity index (χ4n) is 1.34. The smallest absolute Gasteiger partial charge is 0.410 e. The van der Waals surface area contributed by atoms with Gasteiger partial charge in [0.15, 0.2) is 0 Å². The third-order valence-electron chi connectivity index (χ3n) is 2.16. The molecule has 0 N–H and O–H groups in total. The van der Waals surface area contributed by atoms with Crippen LogP contribution in [0.3, 0.4) is 0 Å². The summed E-state index contributed by atoms with van der Waals surface area (Å²) >= 11 is 0. The first-order valence-corrected chi connectivity index (χ1v) is 5.67. The van der Waals surface area contributed by atoms with E-state index in [0.29, 0.717) is 6.61 Å². The fourth-order valence-corrected chi connectivity index (χ4v) is 1.34. The van der Waals surface area contributed by atoms with Gasteiger partial charge in [0.1, 0.15) is 6.54 Å². The van der Waals surface area contributed by atoms with Crippen molar-refractivity contribution >= 4 is 12.1 Å². The van der Waals surface area contributed by atoms with E-state index < -0.39 is 6.09 Å². The molecule has 1 aliphatic carbocycles. The van der Waals surface area contributed by atoms with Crippen molar-refractivity contribution in [1.82, 2.24) is 4.90 Å². The maximum absolute atomic E-state index is 11.7. The van der Waals surface area contributed by atoms with Crippen LogP contribution >= 0.6 is 0 Å². The first-order valence-electron chi connectivity index (χ1n) is 5.67. The van der Waals surface area contributed by atoms with E-state index in [-0.39, 0.29) is 24.7 Å². The van der Waals surface area contributed by atoms with E-state index in [4.69, 9.17) is 9.47 Å².